The summed E-state index contributed by atoms with van der Waals surface area (Å²) in [7, 11) is 0. The van der Waals surface area contributed by atoms with Gasteiger partial charge in [-0.3, -0.25) is 4.79 Å². The highest BCUT2D eigenvalue weighted by Gasteiger charge is 2.22. The predicted molar refractivity (Wildman–Crippen MR) is 66.7 cm³/mol. The van der Waals surface area contributed by atoms with Crippen molar-refractivity contribution in [1.82, 2.24) is 9.78 Å². The summed E-state index contributed by atoms with van der Waals surface area (Å²) >= 11 is 3.35. The molecular weight excluding hydrogens is 272 g/mol. The van der Waals surface area contributed by atoms with E-state index in [1.54, 1.807) is 6.20 Å². The quantitative estimate of drug-likeness (QED) is 0.863. The molecule has 0 aliphatic carbocycles. The number of anilines is 1. The monoisotopic (exact) mass is 286 g/mol. The van der Waals surface area contributed by atoms with Gasteiger partial charge >= 0.3 is 0 Å². The summed E-state index contributed by atoms with van der Waals surface area (Å²) in [6, 6.07) is 0.195. The van der Waals surface area contributed by atoms with Gasteiger partial charge in [0.2, 0.25) is 0 Å². The second-order valence-corrected chi connectivity index (χ2v) is 4.75. The van der Waals surface area contributed by atoms with E-state index in [9.17, 15) is 4.79 Å². The molecule has 1 aromatic heterocycles. The van der Waals surface area contributed by atoms with Crippen LogP contribution >= 0.6 is 15.9 Å². The number of hydrogen-bond acceptors (Lipinski definition) is 4. The Hall–Kier alpha value is -0.880. The molecule has 0 saturated carbocycles. The second kappa shape index (κ2) is 4.55. The highest BCUT2D eigenvalue weighted by molar-refractivity contribution is 9.10. The van der Waals surface area contributed by atoms with Crippen molar-refractivity contribution in [2.24, 2.45) is 5.73 Å². The Labute approximate surface area is 102 Å². The molecule has 1 aliphatic rings. The second-order valence-electron chi connectivity index (χ2n) is 3.96. The van der Waals surface area contributed by atoms with E-state index >= 15 is 0 Å². The van der Waals surface area contributed by atoms with Crippen LogP contribution in [-0.2, 0) is 6.54 Å². The number of halogens is 1. The van der Waals surface area contributed by atoms with E-state index in [1.165, 1.54) is 4.68 Å². The van der Waals surface area contributed by atoms with Crippen molar-refractivity contribution < 1.29 is 0 Å². The van der Waals surface area contributed by atoms with E-state index in [4.69, 9.17) is 5.73 Å². The van der Waals surface area contributed by atoms with Crippen molar-refractivity contribution in [2.75, 3.05) is 18.0 Å². The van der Waals surface area contributed by atoms with Gasteiger partial charge in [0, 0.05) is 25.7 Å². The van der Waals surface area contributed by atoms with E-state index < -0.39 is 0 Å². The molecule has 16 heavy (non-hydrogen) atoms. The SMILES string of the molecule is CCn1ncc(N2CCC(N)C2)c(Br)c1=O. The van der Waals surface area contributed by atoms with Crippen LogP contribution in [0.5, 0.6) is 0 Å². The van der Waals surface area contributed by atoms with Crippen molar-refractivity contribution in [3.63, 3.8) is 0 Å². The molecule has 1 aromatic rings. The third kappa shape index (κ3) is 1.99. The van der Waals surface area contributed by atoms with Crippen molar-refractivity contribution in [3.05, 3.63) is 21.0 Å². The third-order valence-electron chi connectivity index (χ3n) is 2.83. The van der Waals surface area contributed by atoms with Crippen LogP contribution in [-0.4, -0.2) is 28.9 Å². The van der Waals surface area contributed by atoms with Crippen LogP contribution in [0.2, 0.25) is 0 Å². The van der Waals surface area contributed by atoms with Gasteiger partial charge in [0.15, 0.2) is 0 Å². The molecule has 0 radical (unpaired) electrons. The maximum Gasteiger partial charge on any atom is 0.283 e. The first-order valence-corrected chi connectivity index (χ1v) is 6.19. The minimum atomic E-state index is -0.0829. The highest BCUT2D eigenvalue weighted by atomic mass is 79.9. The van der Waals surface area contributed by atoms with Crippen LogP contribution in [0, 0.1) is 0 Å². The average Bonchev–Trinajstić information content (AvgIpc) is 2.69. The normalized spacial score (nSPS) is 20.4. The Morgan fingerprint density at radius 1 is 1.69 bits per heavy atom. The fourth-order valence-corrected chi connectivity index (χ4v) is 2.47. The molecule has 1 atom stereocenters. The molecule has 2 heterocycles. The lowest BCUT2D eigenvalue weighted by molar-refractivity contribution is 0.610. The van der Waals surface area contributed by atoms with Crippen LogP contribution in [0.1, 0.15) is 13.3 Å². The zero-order chi connectivity index (χ0) is 11.7. The van der Waals surface area contributed by atoms with Crippen molar-refractivity contribution >= 4 is 21.6 Å². The lowest BCUT2D eigenvalue weighted by Crippen LogP contribution is -2.30. The van der Waals surface area contributed by atoms with Gasteiger partial charge in [-0.1, -0.05) is 0 Å². The van der Waals surface area contributed by atoms with E-state index in [0.717, 1.165) is 25.2 Å². The summed E-state index contributed by atoms with van der Waals surface area (Å²) in [6.07, 6.45) is 2.69. The first-order chi connectivity index (χ1) is 7.63. The Kier molecular flexibility index (Phi) is 3.30. The van der Waals surface area contributed by atoms with Crippen LogP contribution in [0.25, 0.3) is 0 Å². The zero-order valence-corrected chi connectivity index (χ0v) is 10.8. The van der Waals surface area contributed by atoms with E-state index in [0.29, 0.717) is 11.0 Å². The number of hydrogen-bond donors (Lipinski definition) is 1. The van der Waals surface area contributed by atoms with Crippen molar-refractivity contribution in [3.8, 4) is 0 Å². The first-order valence-electron chi connectivity index (χ1n) is 5.39. The fraction of sp³-hybridized carbons (Fsp3) is 0.600. The minimum Gasteiger partial charge on any atom is -0.368 e. The van der Waals surface area contributed by atoms with Gasteiger partial charge in [-0.2, -0.15) is 5.10 Å². The first kappa shape index (κ1) is 11.6. The molecular formula is C10H15BrN4O. The van der Waals surface area contributed by atoms with E-state index in [1.807, 2.05) is 6.92 Å². The molecule has 5 nitrogen and oxygen atoms in total. The molecule has 2 N–H and O–H groups in total. The molecule has 1 fully saturated rings. The number of nitrogens with two attached hydrogens (primary N) is 1. The fourth-order valence-electron chi connectivity index (χ4n) is 1.91. The molecule has 0 amide bonds. The molecule has 1 aliphatic heterocycles. The summed E-state index contributed by atoms with van der Waals surface area (Å²) in [4.78, 5) is 14.0. The Morgan fingerprint density at radius 2 is 2.44 bits per heavy atom. The molecule has 0 aromatic carbocycles. The predicted octanol–water partition coefficient (Wildman–Crippen LogP) is 0.563. The number of rotatable bonds is 2. The maximum absolute atomic E-state index is 11.9. The van der Waals surface area contributed by atoms with Crippen LogP contribution in [0.15, 0.2) is 15.5 Å². The summed E-state index contributed by atoms with van der Waals surface area (Å²) < 4.78 is 2.02. The Balaban J connectivity index is 2.36. The maximum atomic E-state index is 11.9. The topological polar surface area (TPSA) is 64.2 Å². The van der Waals surface area contributed by atoms with Crippen molar-refractivity contribution in [1.29, 1.82) is 0 Å². The Bertz CT molecular complexity index is 445. The molecule has 0 bridgehead atoms. The minimum absolute atomic E-state index is 0.0829. The van der Waals surface area contributed by atoms with Gasteiger partial charge in [0.1, 0.15) is 4.47 Å². The van der Waals surface area contributed by atoms with Gasteiger partial charge in [-0.25, -0.2) is 4.68 Å². The molecule has 1 unspecified atom stereocenters. The smallest absolute Gasteiger partial charge is 0.283 e. The third-order valence-corrected chi connectivity index (χ3v) is 3.58. The Morgan fingerprint density at radius 3 is 3.00 bits per heavy atom. The van der Waals surface area contributed by atoms with Gasteiger partial charge in [-0.05, 0) is 29.3 Å². The molecule has 1 saturated heterocycles. The van der Waals surface area contributed by atoms with Gasteiger partial charge in [0.25, 0.3) is 5.56 Å². The van der Waals surface area contributed by atoms with Crippen LogP contribution in [0.4, 0.5) is 5.69 Å². The summed E-state index contributed by atoms with van der Waals surface area (Å²) in [5, 5.41) is 4.12. The molecule has 2 rings (SSSR count). The summed E-state index contributed by atoms with van der Waals surface area (Å²) in [6.45, 7) is 4.15. The number of aryl methyl sites for hydroxylation is 1. The molecule has 0 spiro atoms. The lowest BCUT2D eigenvalue weighted by Gasteiger charge is -2.19. The average molecular weight is 287 g/mol. The zero-order valence-electron chi connectivity index (χ0n) is 9.19. The highest BCUT2D eigenvalue weighted by Crippen LogP contribution is 2.24. The van der Waals surface area contributed by atoms with Crippen molar-refractivity contribution in [2.45, 2.75) is 25.9 Å². The molecule has 88 valence electrons. The summed E-state index contributed by atoms with van der Waals surface area (Å²) in [5.74, 6) is 0. The number of aromatic nitrogens is 2. The standard InChI is InChI=1S/C10H15BrN4O/c1-2-15-10(16)9(11)8(5-13-15)14-4-3-7(12)6-14/h5,7H,2-4,6,12H2,1H3. The number of nitrogens with zero attached hydrogens (tertiary/aromatic N) is 3. The van der Waals surface area contributed by atoms with Gasteiger partial charge in [0.05, 0.1) is 11.9 Å². The van der Waals surface area contributed by atoms with Crippen LogP contribution < -0.4 is 16.2 Å². The molecule has 6 heteroatoms. The largest absolute Gasteiger partial charge is 0.368 e. The van der Waals surface area contributed by atoms with Gasteiger partial charge < -0.3 is 10.6 Å². The van der Waals surface area contributed by atoms with Crippen LogP contribution in [0.3, 0.4) is 0 Å². The summed E-state index contributed by atoms with van der Waals surface area (Å²) in [5.41, 5.74) is 6.61. The van der Waals surface area contributed by atoms with Gasteiger partial charge in [-0.15, -0.1) is 0 Å². The van der Waals surface area contributed by atoms with E-state index in [-0.39, 0.29) is 11.6 Å². The lowest BCUT2D eigenvalue weighted by atomic mass is 10.3. The van der Waals surface area contributed by atoms with E-state index in [2.05, 4.69) is 25.9 Å².